The molecule has 0 bridgehead atoms. The molecule has 3 aromatic rings. The zero-order valence-electron chi connectivity index (χ0n) is 18.4. The molecule has 32 heavy (non-hydrogen) atoms. The van der Waals surface area contributed by atoms with E-state index in [0.29, 0.717) is 18.7 Å². The third-order valence-electron chi connectivity index (χ3n) is 6.38. The van der Waals surface area contributed by atoms with Gasteiger partial charge in [0.05, 0.1) is 11.6 Å². The molecule has 0 aliphatic carbocycles. The standard InChI is InChI=1S/C22H29N9O/c1-28-13-14-30(22-24-7-4-8-25-22)16-18(28)20-27-26-19-6-5-17(15-31(19)20)21(32)23-9-12-29-10-2-3-11-29/h4-8,15,18H,2-3,9-14,16H2,1H3,(H,23,32)/t18-/m0/s1. The maximum absolute atomic E-state index is 12.8. The number of likely N-dealkylation sites (tertiary alicyclic amines) is 1. The first-order chi connectivity index (χ1) is 15.7. The predicted molar refractivity (Wildman–Crippen MR) is 121 cm³/mol. The first-order valence-corrected chi connectivity index (χ1v) is 11.3. The van der Waals surface area contributed by atoms with Gasteiger partial charge in [-0.3, -0.25) is 14.1 Å². The van der Waals surface area contributed by atoms with Crippen LogP contribution in [0, 0.1) is 0 Å². The molecule has 168 valence electrons. The number of carbonyl (C=O) groups is 1. The number of fused-ring (bicyclic) bond motifs is 1. The molecule has 0 saturated carbocycles. The summed E-state index contributed by atoms with van der Waals surface area (Å²) in [5.74, 6) is 1.47. The van der Waals surface area contributed by atoms with Crippen molar-refractivity contribution in [1.82, 2.24) is 39.7 Å². The summed E-state index contributed by atoms with van der Waals surface area (Å²) >= 11 is 0. The van der Waals surface area contributed by atoms with Crippen molar-refractivity contribution < 1.29 is 4.79 Å². The van der Waals surface area contributed by atoms with Crippen molar-refractivity contribution in [2.24, 2.45) is 0 Å². The van der Waals surface area contributed by atoms with E-state index in [4.69, 9.17) is 0 Å². The summed E-state index contributed by atoms with van der Waals surface area (Å²) in [5.41, 5.74) is 1.34. The third kappa shape index (κ3) is 4.28. The van der Waals surface area contributed by atoms with E-state index >= 15 is 0 Å². The number of carbonyl (C=O) groups excluding carboxylic acids is 1. The van der Waals surface area contributed by atoms with Crippen LogP contribution in [0.15, 0.2) is 36.8 Å². The van der Waals surface area contributed by atoms with Crippen molar-refractivity contribution in [3.8, 4) is 0 Å². The lowest BCUT2D eigenvalue weighted by molar-refractivity contribution is 0.0949. The van der Waals surface area contributed by atoms with Crippen LogP contribution < -0.4 is 10.2 Å². The highest BCUT2D eigenvalue weighted by Gasteiger charge is 2.30. The molecule has 0 aromatic carbocycles. The summed E-state index contributed by atoms with van der Waals surface area (Å²) in [6, 6.07) is 5.50. The Kier molecular flexibility index (Phi) is 5.95. The molecule has 2 aliphatic rings. The van der Waals surface area contributed by atoms with Gasteiger partial charge in [-0.25, -0.2) is 9.97 Å². The number of amides is 1. The molecule has 0 unspecified atom stereocenters. The van der Waals surface area contributed by atoms with Gasteiger partial charge in [0, 0.05) is 51.3 Å². The highest BCUT2D eigenvalue weighted by Crippen LogP contribution is 2.25. The summed E-state index contributed by atoms with van der Waals surface area (Å²) in [6.07, 6.45) is 7.88. The molecule has 3 aromatic heterocycles. The first kappa shape index (κ1) is 20.8. The fraction of sp³-hybridized carbons (Fsp3) is 0.500. The Morgan fingerprint density at radius 2 is 1.91 bits per heavy atom. The number of pyridine rings is 1. The summed E-state index contributed by atoms with van der Waals surface area (Å²) in [5, 5.41) is 11.9. The molecule has 2 fully saturated rings. The average Bonchev–Trinajstić information content (AvgIpc) is 3.49. The van der Waals surface area contributed by atoms with Gasteiger partial charge >= 0.3 is 0 Å². The van der Waals surface area contributed by atoms with Crippen LogP contribution in [0.25, 0.3) is 5.65 Å². The van der Waals surface area contributed by atoms with Crippen LogP contribution in [0.4, 0.5) is 5.95 Å². The smallest absolute Gasteiger partial charge is 0.252 e. The molecular weight excluding hydrogens is 406 g/mol. The number of nitrogens with one attached hydrogen (secondary N) is 1. The molecule has 5 rings (SSSR count). The zero-order chi connectivity index (χ0) is 21.9. The highest BCUT2D eigenvalue weighted by molar-refractivity contribution is 5.94. The van der Waals surface area contributed by atoms with E-state index in [9.17, 15) is 4.79 Å². The fourth-order valence-electron chi connectivity index (χ4n) is 4.49. The summed E-state index contributed by atoms with van der Waals surface area (Å²) in [4.78, 5) is 28.4. The number of hydrogen-bond acceptors (Lipinski definition) is 8. The first-order valence-electron chi connectivity index (χ1n) is 11.3. The SMILES string of the molecule is CN1CCN(c2ncccn2)C[C@H]1c1nnc2ccc(C(=O)NCCN3CCCC3)cn12. The Morgan fingerprint density at radius 3 is 2.72 bits per heavy atom. The second-order valence-electron chi connectivity index (χ2n) is 8.50. The van der Waals surface area contributed by atoms with E-state index in [2.05, 4.69) is 47.2 Å². The Morgan fingerprint density at radius 1 is 1.09 bits per heavy atom. The van der Waals surface area contributed by atoms with Crippen molar-refractivity contribution in [2.45, 2.75) is 18.9 Å². The van der Waals surface area contributed by atoms with Crippen molar-refractivity contribution in [1.29, 1.82) is 0 Å². The lowest BCUT2D eigenvalue weighted by Crippen LogP contribution is -2.47. The Labute approximate surface area is 187 Å². The van der Waals surface area contributed by atoms with E-state index in [1.165, 1.54) is 12.8 Å². The molecule has 5 heterocycles. The van der Waals surface area contributed by atoms with Crippen LogP contribution in [0.3, 0.4) is 0 Å². The number of aromatic nitrogens is 5. The molecule has 1 atom stereocenters. The fourth-order valence-corrected chi connectivity index (χ4v) is 4.49. The molecule has 10 nitrogen and oxygen atoms in total. The van der Waals surface area contributed by atoms with Crippen molar-refractivity contribution in [2.75, 3.05) is 57.8 Å². The topological polar surface area (TPSA) is 94.8 Å². The van der Waals surface area contributed by atoms with E-state index < -0.39 is 0 Å². The second-order valence-corrected chi connectivity index (χ2v) is 8.50. The van der Waals surface area contributed by atoms with Gasteiger partial charge in [-0.1, -0.05) is 0 Å². The minimum Gasteiger partial charge on any atom is -0.351 e. The molecule has 10 heteroatoms. The van der Waals surface area contributed by atoms with Gasteiger partial charge in [-0.15, -0.1) is 10.2 Å². The van der Waals surface area contributed by atoms with Gasteiger partial charge in [-0.2, -0.15) is 0 Å². The largest absolute Gasteiger partial charge is 0.351 e. The van der Waals surface area contributed by atoms with Crippen LogP contribution >= 0.6 is 0 Å². The van der Waals surface area contributed by atoms with Crippen LogP contribution in [0.1, 0.15) is 35.1 Å². The van der Waals surface area contributed by atoms with E-state index in [0.717, 1.165) is 50.1 Å². The molecule has 2 saturated heterocycles. The molecule has 1 amide bonds. The number of likely N-dealkylation sites (N-methyl/N-ethyl adjacent to an activating group) is 1. The van der Waals surface area contributed by atoms with Crippen molar-refractivity contribution in [3.63, 3.8) is 0 Å². The average molecular weight is 436 g/mol. The van der Waals surface area contributed by atoms with Gasteiger partial charge in [0.2, 0.25) is 5.95 Å². The quantitative estimate of drug-likeness (QED) is 0.609. The maximum Gasteiger partial charge on any atom is 0.252 e. The summed E-state index contributed by atoms with van der Waals surface area (Å²) in [6.45, 7) is 6.22. The number of anilines is 1. The molecule has 2 aliphatic heterocycles. The minimum atomic E-state index is -0.0675. The summed E-state index contributed by atoms with van der Waals surface area (Å²) in [7, 11) is 2.09. The zero-order valence-corrected chi connectivity index (χ0v) is 18.4. The lowest BCUT2D eigenvalue weighted by Gasteiger charge is -2.38. The van der Waals surface area contributed by atoms with Crippen molar-refractivity contribution in [3.05, 3.63) is 48.2 Å². The van der Waals surface area contributed by atoms with Gasteiger partial charge in [0.25, 0.3) is 5.91 Å². The lowest BCUT2D eigenvalue weighted by atomic mass is 10.1. The number of hydrogen-bond donors (Lipinski definition) is 1. The number of rotatable bonds is 6. The van der Waals surface area contributed by atoms with Crippen LogP contribution in [-0.2, 0) is 0 Å². The van der Waals surface area contributed by atoms with Crippen molar-refractivity contribution >= 4 is 17.5 Å². The highest BCUT2D eigenvalue weighted by atomic mass is 16.1. The van der Waals surface area contributed by atoms with Crippen LogP contribution in [-0.4, -0.2) is 93.1 Å². The number of piperazine rings is 1. The van der Waals surface area contributed by atoms with Gasteiger partial charge in [0.15, 0.2) is 11.5 Å². The van der Waals surface area contributed by atoms with Gasteiger partial charge in [0.1, 0.15) is 0 Å². The molecular formula is C22H29N9O. The van der Waals surface area contributed by atoms with E-state index in [-0.39, 0.29) is 11.9 Å². The molecule has 1 N–H and O–H groups in total. The maximum atomic E-state index is 12.8. The minimum absolute atomic E-state index is 0.0102. The monoisotopic (exact) mass is 435 g/mol. The Bertz CT molecular complexity index is 1060. The second kappa shape index (κ2) is 9.17. The molecule has 0 radical (unpaired) electrons. The van der Waals surface area contributed by atoms with Crippen LogP contribution in [0.5, 0.6) is 0 Å². The molecule has 0 spiro atoms. The van der Waals surface area contributed by atoms with Gasteiger partial charge in [-0.05, 0) is 51.2 Å². The number of nitrogens with zero attached hydrogens (tertiary/aromatic N) is 8. The third-order valence-corrected chi connectivity index (χ3v) is 6.38. The predicted octanol–water partition coefficient (Wildman–Crippen LogP) is 0.838. The Hall–Kier alpha value is -3.11. The van der Waals surface area contributed by atoms with Crippen LogP contribution in [0.2, 0.25) is 0 Å². The normalized spacial score (nSPS) is 20.2. The van der Waals surface area contributed by atoms with E-state index in [1.807, 2.05) is 28.8 Å². The summed E-state index contributed by atoms with van der Waals surface area (Å²) < 4.78 is 1.94. The van der Waals surface area contributed by atoms with E-state index in [1.54, 1.807) is 12.4 Å². The Balaban J connectivity index is 1.33. The van der Waals surface area contributed by atoms with Gasteiger partial charge < -0.3 is 15.1 Å².